The SMILES string of the molecule is Cc1ccc([C@H](C)NC(=O)/C=C/c2cccc([N+](=O)[O-])c2)c(C)c1. The average Bonchev–Trinajstić information content (AvgIpc) is 2.53. The summed E-state index contributed by atoms with van der Waals surface area (Å²) >= 11 is 0. The molecule has 2 rings (SSSR count). The van der Waals surface area contributed by atoms with Crippen molar-refractivity contribution in [3.05, 3.63) is 80.9 Å². The van der Waals surface area contributed by atoms with Crippen molar-refractivity contribution in [2.45, 2.75) is 26.8 Å². The Kier molecular flexibility index (Phi) is 5.47. The zero-order valence-corrected chi connectivity index (χ0v) is 13.9. The lowest BCUT2D eigenvalue weighted by Gasteiger charge is -2.16. The van der Waals surface area contributed by atoms with Crippen molar-refractivity contribution in [1.29, 1.82) is 0 Å². The Morgan fingerprint density at radius 2 is 1.96 bits per heavy atom. The maximum Gasteiger partial charge on any atom is 0.270 e. The van der Waals surface area contributed by atoms with Crippen molar-refractivity contribution in [3.63, 3.8) is 0 Å². The van der Waals surface area contributed by atoms with Crippen LogP contribution in [0.25, 0.3) is 6.08 Å². The van der Waals surface area contributed by atoms with Gasteiger partial charge in [-0.25, -0.2) is 0 Å². The summed E-state index contributed by atoms with van der Waals surface area (Å²) in [6.07, 6.45) is 2.95. The molecule has 2 aromatic carbocycles. The molecule has 0 unspecified atom stereocenters. The number of hydrogen-bond donors (Lipinski definition) is 1. The van der Waals surface area contributed by atoms with E-state index in [2.05, 4.69) is 11.4 Å². The predicted molar refractivity (Wildman–Crippen MR) is 94.6 cm³/mol. The lowest BCUT2D eigenvalue weighted by Crippen LogP contribution is -2.25. The van der Waals surface area contributed by atoms with Crippen molar-refractivity contribution >= 4 is 17.7 Å². The lowest BCUT2D eigenvalue weighted by atomic mass is 10.0. The predicted octanol–water partition coefficient (Wildman–Crippen LogP) is 4.10. The first kappa shape index (κ1) is 17.4. The van der Waals surface area contributed by atoms with E-state index in [1.165, 1.54) is 23.8 Å². The molecule has 0 saturated carbocycles. The van der Waals surface area contributed by atoms with Crippen LogP contribution in [0.3, 0.4) is 0 Å². The molecule has 2 aromatic rings. The molecule has 0 heterocycles. The zero-order chi connectivity index (χ0) is 17.7. The van der Waals surface area contributed by atoms with Gasteiger partial charge in [-0.2, -0.15) is 0 Å². The molecule has 0 fully saturated rings. The van der Waals surface area contributed by atoms with Crippen LogP contribution in [0.2, 0.25) is 0 Å². The molecular formula is C19H20N2O3. The number of carbonyl (C=O) groups is 1. The standard InChI is InChI=1S/C19H20N2O3/c1-13-7-9-18(14(2)11-13)15(3)20-19(22)10-8-16-5-4-6-17(12-16)21(23)24/h4-12,15H,1-3H3,(H,20,22)/b10-8+/t15-/m0/s1. The number of nitro benzene ring substituents is 1. The second kappa shape index (κ2) is 7.55. The van der Waals surface area contributed by atoms with Crippen molar-refractivity contribution < 1.29 is 9.72 Å². The number of nitrogens with zero attached hydrogens (tertiary/aromatic N) is 1. The average molecular weight is 324 g/mol. The third-order valence-electron chi connectivity index (χ3n) is 3.76. The third kappa shape index (κ3) is 4.52. The van der Waals surface area contributed by atoms with Gasteiger partial charge in [-0.3, -0.25) is 14.9 Å². The minimum absolute atomic E-state index is 0.00112. The minimum atomic E-state index is -0.459. The first-order chi connectivity index (χ1) is 11.4. The van der Waals surface area contributed by atoms with Gasteiger partial charge in [0.2, 0.25) is 5.91 Å². The summed E-state index contributed by atoms with van der Waals surface area (Å²) in [5.41, 5.74) is 3.99. The molecule has 0 spiro atoms. The number of hydrogen-bond acceptors (Lipinski definition) is 3. The van der Waals surface area contributed by atoms with Crippen molar-refractivity contribution in [3.8, 4) is 0 Å². The van der Waals surface area contributed by atoms with E-state index in [-0.39, 0.29) is 17.6 Å². The molecule has 0 aliphatic heterocycles. The van der Waals surface area contributed by atoms with Crippen molar-refractivity contribution in [2.75, 3.05) is 0 Å². The van der Waals surface area contributed by atoms with E-state index in [9.17, 15) is 14.9 Å². The van der Waals surface area contributed by atoms with Gasteiger partial charge in [-0.05, 0) is 43.5 Å². The highest BCUT2D eigenvalue weighted by Crippen LogP contribution is 2.19. The van der Waals surface area contributed by atoms with Gasteiger partial charge < -0.3 is 5.32 Å². The summed E-state index contributed by atoms with van der Waals surface area (Å²) in [5.74, 6) is -0.242. The number of aryl methyl sites for hydroxylation is 2. The Morgan fingerprint density at radius 3 is 2.62 bits per heavy atom. The Balaban J connectivity index is 2.04. The van der Waals surface area contributed by atoms with Gasteiger partial charge in [0.25, 0.3) is 5.69 Å². The number of nitro groups is 1. The quantitative estimate of drug-likeness (QED) is 0.511. The number of benzene rings is 2. The van der Waals surface area contributed by atoms with Gasteiger partial charge in [0.05, 0.1) is 11.0 Å². The van der Waals surface area contributed by atoms with E-state index in [1.54, 1.807) is 18.2 Å². The maximum atomic E-state index is 12.1. The van der Waals surface area contributed by atoms with Crippen LogP contribution in [0.4, 0.5) is 5.69 Å². The van der Waals surface area contributed by atoms with Crippen LogP contribution in [0.15, 0.2) is 48.5 Å². The van der Waals surface area contributed by atoms with Crippen LogP contribution in [0, 0.1) is 24.0 Å². The number of rotatable bonds is 5. The fraction of sp³-hybridized carbons (Fsp3) is 0.211. The van der Waals surface area contributed by atoms with Crippen molar-refractivity contribution in [1.82, 2.24) is 5.32 Å². The first-order valence-electron chi connectivity index (χ1n) is 7.67. The Labute approximate surface area is 141 Å². The maximum absolute atomic E-state index is 12.1. The molecule has 124 valence electrons. The number of non-ortho nitro benzene ring substituents is 1. The first-order valence-corrected chi connectivity index (χ1v) is 7.67. The summed E-state index contributed by atoms with van der Waals surface area (Å²) in [4.78, 5) is 22.4. The molecule has 5 nitrogen and oxygen atoms in total. The molecule has 5 heteroatoms. The van der Waals surface area contributed by atoms with Crippen LogP contribution in [0.1, 0.15) is 35.2 Å². The monoisotopic (exact) mass is 324 g/mol. The number of nitrogens with one attached hydrogen (secondary N) is 1. The molecule has 1 N–H and O–H groups in total. The minimum Gasteiger partial charge on any atom is -0.346 e. The van der Waals surface area contributed by atoms with Gasteiger partial charge in [0.15, 0.2) is 0 Å². The summed E-state index contributed by atoms with van der Waals surface area (Å²) in [6, 6.07) is 12.1. The van der Waals surface area contributed by atoms with Crippen LogP contribution >= 0.6 is 0 Å². The Morgan fingerprint density at radius 1 is 1.21 bits per heavy atom. The molecule has 0 saturated heterocycles. The molecular weight excluding hydrogens is 304 g/mol. The summed E-state index contributed by atoms with van der Waals surface area (Å²) < 4.78 is 0. The molecule has 0 bridgehead atoms. The normalized spacial score (nSPS) is 12.1. The van der Waals surface area contributed by atoms with Crippen LogP contribution in [0.5, 0.6) is 0 Å². The Hall–Kier alpha value is -2.95. The zero-order valence-electron chi connectivity index (χ0n) is 13.9. The molecule has 0 aliphatic carbocycles. The molecule has 24 heavy (non-hydrogen) atoms. The molecule has 0 aliphatic rings. The second-order valence-electron chi connectivity index (χ2n) is 5.78. The van der Waals surface area contributed by atoms with E-state index in [4.69, 9.17) is 0 Å². The van der Waals surface area contributed by atoms with Crippen molar-refractivity contribution in [2.24, 2.45) is 0 Å². The number of carbonyl (C=O) groups excluding carboxylic acids is 1. The Bertz CT molecular complexity index is 797. The highest BCUT2D eigenvalue weighted by molar-refractivity contribution is 5.92. The molecule has 1 amide bonds. The van der Waals surface area contributed by atoms with Gasteiger partial charge in [-0.15, -0.1) is 0 Å². The van der Waals surface area contributed by atoms with Gasteiger partial charge in [0, 0.05) is 18.2 Å². The van der Waals surface area contributed by atoms with E-state index >= 15 is 0 Å². The highest BCUT2D eigenvalue weighted by Gasteiger charge is 2.10. The second-order valence-corrected chi connectivity index (χ2v) is 5.78. The fourth-order valence-corrected chi connectivity index (χ4v) is 2.56. The fourth-order valence-electron chi connectivity index (χ4n) is 2.56. The molecule has 1 atom stereocenters. The van der Waals surface area contributed by atoms with Gasteiger partial charge in [0.1, 0.15) is 0 Å². The highest BCUT2D eigenvalue weighted by atomic mass is 16.6. The summed E-state index contributed by atoms with van der Waals surface area (Å²) in [6.45, 7) is 5.97. The summed E-state index contributed by atoms with van der Waals surface area (Å²) in [5, 5.41) is 13.7. The van der Waals surface area contributed by atoms with Crippen LogP contribution < -0.4 is 5.32 Å². The number of amides is 1. The van der Waals surface area contributed by atoms with E-state index in [1.807, 2.05) is 32.9 Å². The summed E-state index contributed by atoms with van der Waals surface area (Å²) in [7, 11) is 0. The molecule has 0 aromatic heterocycles. The van der Waals surface area contributed by atoms with Crippen LogP contribution in [-0.2, 0) is 4.79 Å². The topological polar surface area (TPSA) is 72.2 Å². The third-order valence-corrected chi connectivity index (χ3v) is 3.76. The van der Waals surface area contributed by atoms with E-state index in [0.29, 0.717) is 5.56 Å². The largest absolute Gasteiger partial charge is 0.346 e. The van der Waals surface area contributed by atoms with Gasteiger partial charge >= 0.3 is 0 Å². The van der Waals surface area contributed by atoms with Crippen LogP contribution in [-0.4, -0.2) is 10.8 Å². The lowest BCUT2D eigenvalue weighted by molar-refractivity contribution is -0.384. The van der Waals surface area contributed by atoms with Gasteiger partial charge in [-0.1, -0.05) is 35.9 Å². The van der Waals surface area contributed by atoms with E-state index in [0.717, 1.165) is 11.1 Å². The smallest absolute Gasteiger partial charge is 0.270 e. The van der Waals surface area contributed by atoms with E-state index < -0.39 is 4.92 Å². The molecule has 0 radical (unpaired) electrons.